The molecule has 0 bridgehead atoms. The molecule has 6 heteroatoms. The van der Waals surface area contributed by atoms with Crippen molar-refractivity contribution in [1.29, 1.82) is 0 Å². The molecule has 0 aliphatic carbocycles. The Morgan fingerprint density at radius 2 is 2.05 bits per heavy atom. The smallest absolute Gasteiger partial charge is 0.305 e. The topological polar surface area (TPSA) is 82.2 Å². The zero-order chi connectivity index (χ0) is 16.5. The lowest BCUT2D eigenvalue weighted by atomic mass is 9.85. The van der Waals surface area contributed by atoms with Gasteiger partial charge in [-0.25, -0.2) is 0 Å². The summed E-state index contributed by atoms with van der Waals surface area (Å²) in [6, 6.07) is 7.46. The van der Waals surface area contributed by atoms with E-state index in [-0.39, 0.29) is 18.2 Å². The lowest BCUT2D eigenvalue weighted by Gasteiger charge is -2.33. The zero-order valence-corrected chi connectivity index (χ0v) is 14.3. The van der Waals surface area contributed by atoms with Crippen LogP contribution in [0.15, 0.2) is 28.7 Å². The van der Waals surface area contributed by atoms with E-state index in [0.717, 1.165) is 15.4 Å². The van der Waals surface area contributed by atoms with Gasteiger partial charge in [0, 0.05) is 15.4 Å². The molecule has 0 radical (unpaired) electrons. The monoisotopic (exact) mass is 366 g/mol. The van der Waals surface area contributed by atoms with Crippen molar-refractivity contribution in [3.63, 3.8) is 0 Å². The summed E-state index contributed by atoms with van der Waals surface area (Å²) in [6.07, 6.45) is -0.123. The van der Waals surface area contributed by atoms with E-state index in [1.54, 1.807) is 13.0 Å². The molecule has 0 aliphatic heterocycles. The highest BCUT2D eigenvalue weighted by atomic mass is 79.9. The van der Waals surface area contributed by atoms with Crippen LogP contribution in [0.1, 0.15) is 37.7 Å². The van der Waals surface area contributed by atoms with Gasteiger partial charge in [0.2, 0.25) is 0 Å². The summed E-state index contributed by atoms with van der Waals surface area (Å²) in [7, 11) is 0. The Kier molecular flexibility index (Phi) is 4.60. The lowest BCUT2D eigenvalue weighted by molar-refractivity contribution is -0.138. The number of carboxylic acids is 1. The van der Waals surface area contributed by atoms with Crippen LogP contribution in [0, 0.1) is 5.92 Å². The normalized spacial score (nSPS) is 14.0. The Morgan fingerprint density at radius 1 is 1.36 bits per heavy atom. The number of fused-ring (bicyclic) bond motifs is 1. The number of halogens is 1. The van der Waals surface area contributed by atoms with Gasteiger partial charge in [0.25, 0.3) is 5.91 Å². The number of aromatic amines is 1. The van der Waals surface area contributed by atoms with Crippen LogP contribution in [0.2, 0.25) is 0 Å². The second kappa shape index (κ2) is 6.12. The van der Waals surface area contributed by atoms with E-state index >= 15 is 0 Å². The third-order valence-electron chi connectivity index (χ3n) is 4.02. The fourth-order valence-electron chi connectivity index (χ4n) is 2.26. The fraction of sp³-hybridized carbons (Fsp3) is 0.375. The molecule has 3 N–H and O–H groups in total. The molecule has 1 amide bonds. The van der Waals surface area contributed by atoms with Crippen molar-refractivity contribution in [2.24, 2.45) is 5.92 Å². The average Bonchev–Trinajstić information content (AvgIpc) is 2.80. The third kappa shape index (κ3) is 3.50. The summed E-state index contributed by atoms with van der Waals surface area (Å²) < 4.78 is 0.934. The predicted octanol–water partition coefficient (Wildman–Crippen LogP) is 3.55. The Morgan fingerprint density at radius 3 is 2.64 bits per heavy atom. The number of carboxylic acid groups (broad SMARTS) is 1. The van der Waals surface area contributed by atoms with Crippen LogP contribution >= 0.6 is 15.9 Å². The highest BCUT2D eigenvalue weighted by Gasteiger charge is 2.33. The van der Waals surface area contributed by atoms with Crippen molar-refractivity contribution in [3.8, 4) is 0 Å². The SMILES string of the molecule is CC(C)C(C)(CC(=O)O)NC(=O)c1cc2cc(Br)ccc2[nH]1. The molecule has 1 heterocycles. The number of H-pyrrole nitrogens is 1. The Bertz CT molecular complexity index is 723. The number of aliphatic carboxylic acids is 1. The minimum atomic E-state index is -0.933. The number of aromatic nitrogens is 1. The van der Waals surface area contributed by atoms with Gasteiger partial charge in [-0.1, -0.05) is 29.8 Å². The molecule has 0 spiro atoms. The summed E-state index contributed by atoms with van der Waals surface area (Å²) in [5.41, 5.74) is 0.476. The lowest BCUT2D eigenvalue weighted by Crippen LogP contribution is -2.51. The van der Waals surface area contributed by atoms with Crippen molar-refractivity contribution < 1.29 is 14.7 Å². The number of hydrogen-bond acceptors (Lipinski definition) is 2. The molecule has 0 fully saturated rings. The minimum Gasteiger partial charge on any atom is -0.481 e. The first kappa shape index (κ1) is 16.5. The van der Waals surface area contributed by atoms with E-state index in [4.69, 9.17) is 5.11 Å². The molecule has 0 aliphatic rings. The molecule has 1 aromatic carbocycles. The zero-order valence-electron chi connectivity index (χ0n) is 12.7. The van der Waals surface area contributed by atoms with Gasteiger partial charge in [-0.05, 0) is 37.1 Å². The Hall–Kier alpha value is -1.82. The van der Waals surface area contributed by atoms with E-state index in [1.807, 2.05) is 32.0 Å². The molecule has 2 rings (SSSR count). The summed E-state index contributed by atoms with van der Waals surface area (Å²) in [4.78, 5) is 26.6. The van der Waals surface area contributed by atoms with Crippen molar-refractivity contribution in [2.75, 3.05) is 0 Å². The van der Waals surface area contributed by atoms with Crippen LogP contribution in [0.5, 0.6) is 0 Å². The maximum absolute atomic E-state index is 12.5. The van der Waals surface area contributed by atoms with Crippen molar-refractivity contribution >= 4 is 38.7 Å². The first-order valence-corrected chi connectivity index (χ1v) is 7.83. The van der Waals surface area contributed by atoms with Gasteiger partial charge < -0.3 is 15.4 Å². The van der Waals surface area contributed by atoms with Gasteiger partial charge in [0.05, 0.1) is 12.0 Å². The van der Waals surface area contributed by atoms with Crippen LogP contribution in [0.3, 0.4) is 0 Å². The molecule has 0 saturated carbocycles. The molecule has 2 aromatic rings. The van der Waals surface area contributed by atoms with Crippen molar-refractivity contribution in [2.45, 2.75) is 32.7 Å². The molecule has 1 aromatic heterocycles. The van der Waals surface area contributed by atoms with Gasteiger partial charge in [-0.3, -0.25) is 9.59 Å². The van der Waals surface area contributed by atoms with Crippen molar-refractivity contribution in [1.82, 2.24) is 10.3 Å². The fourth-order valence-corrected chi connectivity index (χ4v) is 2.64. The van der Waals surface area contributed by atoms with Crippen LogP contribution < -0.4 is 5.32 Å². The Balaban J connectivity index is 2.27. The van der Waals surface area contributed by atoms with Gasteiger partial charge in [0.15, 0.2) is 0 Å². The average molecular weight is 367 g/mol. The van der Waals surface area contributed by atoms with E-state index in [2.05, 4.69) is 26.2 Å². The molecular formula is C16H19BrN2O3. The van der Waals surface area contributed by atoms with Crippen LogP contribution in [0.4, 0.5) is 0 Å². The Labute approximate surface area is 137 Å². The largest absolute Gasteiger partial charge is 0.481 e. The highest BCUT2D eigenvalue weighted by Crippen LogP contribution is 2.23. The number of carbonyl (C=O) groups is 2. The highest BCUT2D eigenvalue weighted by molar-refractivity contribution is 9.10. The van der Waals surface area contributed by atoms with Crippen molar-refractivity contribution in [3.05, 3.63) is 34.4 Å². The van der Waals surface area contributed by atoms with E-state index < -0.39 is 11.5 Å². The summed E-state index contributed by atoms with van der Waals surface area (Å²) in [5.74, 6) is -1.24. The number of nitrogens with one attached hydrogen (secondary N) is 2. The molecule has 0 saturated heterocycles. The van der Waals surface area contributed by atoms with Gasteiger partial charge in [-0.2, -0.15) is 0 Å². The van der Waals surface area contributed by atoms with Crippen LogP contribution in [-0.2, 0) is 4.79 Å². The van der Waals surface area contributed by atoms with E-state index in [1.165, 1.54) is 0 Å². The number of amides is 1. The number of carbonyl (C=O) groups excluding carboxylic acids is 1. The third-order valence-corrected chi connectivity index (χ3v) is 4.51. The molecule has 1 unspecified atom stereocenters. The summed E-state index contributed by atoms with van der Waals surface area (Å²) in [5, 5.41) is 12.8. The number of hydrogen-bond donors (Lipinski definition) is 3. The second-order valence-corrected chi connectivity index (χ2v) is 6.93. The quantitative estimate of drug-likeness (QED) is 0.756. The molecule has 5 nitrogen and oxygen atoms in total. The number of benzene rings is 1. The minimum absolute atomic E-state index is 0.00827. The van der Waals surface area contributed by atoms with Gasteiger partial charge in [0.1, 0.15) is 5.69 Å². The predicted molar refractivity (Wildman–Crippen MR) is 89.0 cm³/mol. The van der Waals surface area contributed by atoms with Gasteiger partial charge >= 0.3 is 5.97 Å². The molecule has 118 valence electrons. The first-order chi connectivity index (χ1) is 10.2. The van der Waals surface area contributed by atoms with Crippen LogP contribution in [0.25, 0.3) is 10.9 Å². The maximum Gasteiger partial charge on any atom is 0.305 e. The van der Waals surface area contributed by atoms with Crippen LogP contribution in [-0.4, -0.2) is 27.5 Å². The van der Waals surface area contributed by atoms with E-state index in [9.17, 15) is 9.59 Å². The molecule has 1 atom stereocenters. The maximum atomic E-state index is 12.5. The second-order valence-electron chi connectivity index (χ2n) is 6.01. The summed E-state index contributed by atoms with van der Waals surface area (Å²) in [6.45, 7) is 5.54. The van der Waals surface area contributed by atoms with Gasteiger partial charge in [-0.15, -0.1) is 0 Å². The molecular weight excluding hydrogens is 348 g/mol. The first-order valence-electron chi connectivity index (χ1n) is 7.04. The number of rotatable bonds is 5. The summed E-state index contributed by atoms with van der Waals surface area (Å²) >= 11 is 3.39. The van der Waals surface area contributed by atoms with E-state index in [0.29, 0.717) is 5.69 Å². The molecule has 22 heavy (non-hydrogen) atoms. The standard InChI is InChI=1S/C16H19BrN2O3/c1-9(2)16(3,8-14(20)21)19-15(22)13-7-10-6-11(17)4-5-12(10)18-13/h4-7,9,18H,8H2,1-3H3,(H,19,22)(H,20,21).